The van der Waals surface area contributed by atoms with Crippen molar-refractivity contribution in [3.8, 4) is 0 Å². The summed E-state index contributed by atoms with van der Waals surface area (Å²) < 4.78 is 0. The summed E-state index contributed by atoms with van der Waals surface area (Å²) in [6, 6.07) is 12.9. The Bertz CT molecular complexity index is 716. The highest BCUT2D eigenvalue weighted by Crippen LogP contribution is 2.39. The van der Waals surface area contributed by atoms with Gasteiger partial charge in [-0.25, -0.2) is 0 Å². The zero-order valence-corrected chi connectivity index (χ0v) is 13.8. The number of rotatable bonds is 3. The number of aliphatic hydroxyl groups excluding tert-OH is 1. The van der Waals surface area contributed by atoms with Crippen LogP contribution in [0.15, 0.2) is 47.6 Å². The molecule has 6 heteroatoms. The monoisotopic (exact) mass is 354 g/mol. The van der Waals surface area contributed by atoms with E-state index in [0.29, 0.717) is 27.2 Å². The first kappa shape index (κ1) is 15.6. The smallest absolute Gasteiger partial charge is 0.0832 e. The lowest BCUT2D eigenvalue weighted by Gasteiger charge is -2.25. The lowest BCUT2D eigenvalue weighted by atomic mass is 10.0. The van der Waals surface area contributed by atoms with Crippen molar-refractivity contribution in [3.05, 3.63) is 63.1 Å². The van der Waals surface area contributed by atoms with Crippen LogP contribution in [0.1, 0.15) is 18.0 Å². The van der Waals surface area contributed by atoms with Crippen LogP contribution in [-0.2, 0) is 0 Å². The fourth-order valence-electron chi connectivity index (χ4n) is 2.50. The van der Waals surface area contributed by atoms with E-state index in [9.17, 15) is 5.11 Å². The molecule has 0 aromatic heterocycles. The average Bonchev–Trinajstić information content (AvgIpc) is 2.92. The Hall–Kier alpha value is -1.26. The highest BCUT2D eigenvalue weighted by Gasteiger charge is 2.30. The van der Waals surface area contributed by atoms with Crippen LogP contribution < -0.4 is 5.01 Å². The van der Waals surface area contributed by atoms with Crippen LogP contribution in [0.4, 0.5) is 5.69 Å². The van der Waals surface area contributed by atoms with E-state index in [4.69, 9.17) is 34.8 Å². The first-order valence-electron chi connectivity index (χ1n) is 6.75. The maximum atomic E-state index is 9.42. The molecular formula is C16H13Cl3N2O. The number of halogens is 3. The van der Waals surface area contributed by atoms with Gasteiger partial charge in [-0.2, -0.15) is 5.10 Å². The minimum absolute atomic E-state index is 0.0295. The van der Waals surface area contributed by atoms with Crippen molar-refractivity contribution in [2.45, 2.75) is 12.5 Å². The molecule has 3 rings (SSSR count). The van der Waals surface area contributed by atoms with Gasteiger partial charge >= 0.3 is 0 Å². The van der Waals surface area contributed by atoms with Gasteiger partial charge in [0.25, 0.3) is 0 Å². The SMILES string of the molecule is OCC1=NN(c2ccc(Cl)cc2Cl)C(c2ccc(Cl)cc2)C1. The van der Waals surface area contributed by atoms with E-state index in [-0.39, 0.29) is 12.6 Å². The molecule has 2 aromatic rings. The third-order valence-electron chi connectivity index (χ3n) is 3.57. The quantitative estimate of drug-likeness (QED) is 0.846. The molecule has 1 unspecified atom stereocenters. The lowest BCUT2D eigenvalue weighted by molar-refractivity contribution is 0.355. The molecule has 0 amide bonds. The van der Waals surface area contributed by atoms with Crippen molar-refractivity contribution in [2.75, 3.05) is 11.6 Å². The van der Waals surface area contributed by atoms with E-state index in [1.807, 2.05) is 35.3 Å². The van der Waals surface area contributed by atoms with Gasteiger partial charge in [0.2, 0.25) is 0 Å². The Kier molecular flexibility index (Phi) is 4.59. The Morgan fingerprint density at radius 1 is 1.05 bits per heavy atom. The van der Waals surface area contributed by atoms with Crippen molar-refractivity contribution < 1.29 is 5.11 Å². The van der Waals surface area contributed by atoms with E-state index in [1.54, 1.807) is 12.1 Å². The summed E-state index contributed by atoms with van der Waals surface area (Å²) >= 11 is 18.2. The second-order valence-corrected chi connectivity index (χ2v) is 6.32. The predicted molar refractivity (Wildman–Crippen MR) is 92.3 cm³/mol. The third kappa shape index (κ3) is 3.08. The van der Waals surface area contributed by atoms with Gasteiger partial charge in [0.15, 0.2) is 0 Å². The molecule has 0 saturated heterocycles. The Morgan fingerprint density at radius 3 is 2.36 bits per heavy atom. The van der Waals surface area contributed by atoms with Crippen molar-refractivity contribution in [2.24, 2.45) is 5.10 Å². The summed E-state index contributed by atoms with van der Waals surface area (Å²) in [6.45, 7) is -0.0776. The standard InChI is InChI=1S/C16H13Cl3N2O/c17-11-3-1-10(2-4-11)16-8-13(9-22)20-21(16)15-6-5-12(18)7-14(15)19/h1-7,16,22H,8-9H2. The van der Waals surface area contributed by atoms with Crippen LogP contribution in [-0.4, -0.2) is 17.4 Å². The zero-order valence-electron chi connectivity index (χ0n) is 11.5. The number of hydrogen-bond donors (Lipinski definition) is 1. The van der Waals surface area contributed by atoms with Crippen LogP contribution >= 0.6 is 34.8 Å². The topological polar surface area (TPSA) is 35.8 Å². The first-order valence-corrected chi connectivity index (χ1v) is 7.89. The highest BCUT2D eigenvalue weighted by atomic mass is 35.5. The van der Waals surface area contributed by atoms with Crippen molar-refractivity contribution >= 4 is 46.2 Å². The second-order valence-electron chi connectivity index (χ2n) is 5.04. The maximum Gasteiger partial charge on any atom is 0.0832 e. The second kappa shape index (κ2) is 6.47. The van der Waals surface area contributed by atoms with Gasteiger partial charge in [-0.1, -0.05) is 46.9 Å². The van der Waals surface area contributed by atoms with E-state index >= 15 is 0 Å². The van der Waals surface area contributed by atoms with Gasteiger partial charge in [0.05, 0.1) is 29.1 Å². The van der Waals surface area contributed by atoms with Gasteiger partial charge in [-0.05, 0) is 35.9 Å². The highest BCUT2D eigenvalue weighted by molar-refractivity contribution is 6.36. The fourth-order valence-corrected chi connectivity index (χ4v) is 3.12. The first-order chi connectivity index (χ1) is 10.6. The maximum absolute atomic E-state index is 9.42. The van der Waals surface area contributed by atoms with Gasteiger partial charge in [0, 0.05) is 16.5 Å². The molecule has 0 radical (unpaired) electrons. The minimum Gasteiger partial charge on any atom is -0.390 e. The predicted octanol–water partition coefficient (Wildman–Crippen LogP) is 4.95. The summed E-state index contributed by atoms with van der Waals surface area (Å²) in [4.78, 5) is 0. The zero-order chi connectivity index (χ0) is 15.7. The number of hydrogen-bond acceptors (Lipinski definition) is 3. The molecule has 1 heterocycles. The molecule has 1 atom stereocenters. The summed E-state index contributed by atoms with van der Waals surface area (Å²) in [5, 5.41) is 17.5. The van der Waals surface area contributed by atoms with Gasteiger partial charge in [-0.15, -0.1) is 0 Å². The molecule has 0 bridgehead atoms. The molecule has 114 valence electrons. The fraction of sp³-hybridized carbons (Fsp3) is 0.188. The van der Waals surface area contributed by atoms with Crippen LogP contribution in [0.2, 0.25) is 15.1 Å². The molecule has 1 aliphatic rings. The average molecular weight is 356 g/mol. The largest absolute Gasteiger partial charge is 0.390 e. The lowest BCUT2D eigenvalue weighted by Crippen LogP contribution is -2.18. The molecular weight excluding hydrogens is 343 g/mol. The van der Waals surface area contributed by atoms with E-state index < -0.39 is 0 Å². The van der Waals surface area contributed by atoms with Crippen LogP contribution in [0.5, 0.6) is 0 Å². The summed E-state index contributed by atoms with van der Waals surface area (Å²) in [5.41, 5.74) is 2.53. The Balaban J connectivity index is 2.01. The molecule has 1 N–H and O–H groups in total. The molecule has 0 saturated carbocycles. The summed E-state index contributed by atoms with van der Waals surface area (Å²) in [7, 11) is 0. The minimum atomic E-state index is -0.0776. The summed E-state index contributed by atoms with van der Waals surface area (Å²) in [5.74, 6) is 0. The molecule has 0 spiro atoms. The number of benzene rings is 2. The van der Waals surface area contributed by atoms with Gasteiger partial charge < -0.3 is 5.11 Å². The van der Waals surface area contributed by atoms with Crippen LogP contribution in [0, 0.1) is 0 Å². The number of hydrazone groups is 1. The van der Waals surface area contributed by atoms with Crippen molar-refractivity contribution in [1.29, 1.82) is 0 Å². The van der Waals surface area contributed by atoms with Crippen LogP contribution in [0.3, 0.4) is 0 Å². The molecule has 0 fully saturated rings. The molecule has 2 aromatic carbocycles. The molecule has 3 nitrogen and oxygen atoms in total. The van der Waals surface area contributed by atoms with Gasteiger partial charge in [-0.3, -0.25) is 5.01 Å². The van der Waals surface area contributed by atoms with Crippen molar-refractivity contribution in [3.63, 3.8) is 0 Å². The molecule has 1 aliphatic heterocycles. The number of aliphatic hydroxyl groups is 1. The Morgan fingerprint density at radius 2 is 1.73 bits per heavy atom. The molecule has 0 aliphatic carbocycles. The number of anilines is 1. The van der Waals surface area contributed by atoms with Gasteiger partial charge in [0.1, 0.15) is 0 Å². The molecule has 22 heavy (non-hydrogen) atoms. The number of nitrogens with zero attached hydrogens (tertiary/aromatic N) is 2. The third-order valence-corrected chi connectivity index (χ3v) is 4.36. The van der Waals surface area contributed by atoms with Crippen molar-refractivity contribution in [1.82, 2.24) is 0 Å². The van der Waals surface area contributed by atoms with E-state index in [2.05, 4.69) is 5.10 Å². The van der Waals surface area contributed by atoms with E-state index in [1.165, 1.54) is 0 Å². The van der Waals surface area contributed by atoms with E-state index in [0.717, 1.165) is 11.3 Å². The Labute approximate surface area is 143 Å². The van der Waals surface area contributed by atoms with Crippen LogP contribution in [0.25, 0.3) is 0 Å². The normalized spacial score (nSPS) is 17.7. The summed E-state index contributed by atoms with van der Waals surface area (Å²) in [6.07, 6.45) is 0.636.